The van der Waals surface area contributed by atoms with Crippen LogP contribution in [0.25, 0.3) is 0 Å². The van der Waals surface area contributed by atoms with Crippen molar-refractivity contribution in [2.45, 2.75) is 9.96 Å². The molecule has 1 aliphatic rings. The Labute approximate surface area is 132 Å². The molecule has 7 heteroatoms. The number of hydrogen-bond donors (Lipinski definition) is 1. The van der Waals surface area contributed by atoms with Crippen LogP contribution in [0.15, 0.2) is 30.3 Å². The molecule has 0 radical (unpaired) electrons. The molecule has 0 bridgehead atoms. The lowest BCUT2D eigenvalue weighted by molar-refractivity contribution is 0.00996. The van der Waals surface area contributed by atoms with Crippen LogP contribution >= 0.6 is 34.8 Å². The Balaban J connectivity index is 2.10. The molecule has 0 aromatic heterocycles. The van der Waals surface area contributed by atoms with Crippen LogP contribution in [0.3, 0.4) is 0 Å². The normalized spacial score (nSPS) is 18.6. The minimum Gasteiger partial charge on any atom is -0.379 e. The monoisotopic (exact) mass is 336 g/mol. The number of rotatable bonds is 3. The average Bonchev–Trinajstić information content (AvgIpc) is 2.45. The van der Waals surface area contributed by atoms with Crippen molar-refractivity contribution in [1.82, 2.24) is 10.2 Å². The van der Waals surface area contributed by atoms with Gasteiger partial charge in [0.25, 0.3) is 5.91 Å². The molecule has 1 saturated heterocycles. The summed E-state index contributed by atoms with van der Waals surface area (Å²) in [5, 5.41) is 2.78. The number of carbonyl (C=O) groups is 1. The third-order valence-electron chi connectivity index (χ3n) is 3.02. The molecule has 1 amide bonds. The second kappa shape index (κ2) is 6.96. The Morgan fingerprint density at radius 2 is 1.80 bits per heavy atom. The van der Waals surface area contributed by atoms with Crippen molar-refractivity contribution >= 4 is 40.7 Å². The van der Waals surface area contributed by atoms with E-state index < -0.39 is 9.96 Å². The van der Waals surface area contributed by atoms with Crippen molar-refractivity contribution in [3.05, 3.63) is 35.9 Å². The molecule has 1 N–H and O–H groups in total. The number of benzene rings is 1. The molecule has 1 aromatic rings. The summed E-state index contributed by atoms with van der Waals surface area (Å²) in [7, 11) is 0. The molecule has 1 fully saturated rings. The zero-order valence-electron chi connectivity index (χ0n) is 10.7. The van der Waals surface area contributed by atoms with Crippen LogP contribution in [0.2, 0.25) is 0 Å². The smallest absolute Gasteiger partial charge is 0.252 e. The number of alkyl halides is 3. The van der Waals surface area contributed by atoms with E-state index in [1.165, 1.54) is 0 Å². The number of carbonyl (C=O) groups excluding carboxylic acids is 1. The summed E-state index contributed by atoms with van der Waals surface area (Å²) in [5.74, 6) is -0.270. The van der Waals surface area contributed by atoms with Crippen LogP contribution in [0.5, 0.6) is 0 Å². The highest BCUT2D eigenvalue weighted by molar-refractivity contribution is 6.68. The van der Waals surface area contributed by atoms with Gasteiger partial charge >= 0.3 is 0 Å². The summed E-state index contributed by atoms with van der Waals surface area (Å²) in [6.07, 6.45) is -0.691. The Bertz CT molecular complexity index is 445. The summed E-state index contributed by atoms with van der Waals surface area (Å²) in [6.45, 7) is 2.32. The summed E-state index contributed by atoms with van der Waals surface area (Å²) >= 11 is 18.0. The van der Waals surface area contributed by atoms with E-state index in [9.17, 15) is 4.79 Å². The molecule has 2 rings (SSSR count). The van der Waals surface area contributed by atoms with Crippen LogP contribution in [0.1, 0.15) is 10.4 Å². The second-order valence-electron chi connectivity index (χ2n) is 4.43. The highest BCUT2D eigenvalue weighted by Crippen LogP contribution is 2.32. The van der Waals surface area contributed by atoms with E-state index in [1.54, 1.807) is 24.3 Å². The van der Waals surface area contributed by atoms with Crippen LogP contribution in [-0.2, 0) is 4.74 Å². The van der Waals surface area contributed by atoms with Gasteiger partial charge < -0.3 is 10.1 Å². The molecule has 1 atom stereocenters. The lowest BCUT2D eigenvalue weighted by Gasteiger charge is -2.38. The highest BCUT2D eigenvalue weighted by Gasteiger charge is 2.39. The average molecular weight is 338 g/mol. The van der Waals surface area contributed by atoms with Crippen molar-refractivity contribution in [3.63, 3.8) is 0 Å². The molecule has 1 aliphatic heterocycles. The number of amides is 1. The van der Waals surface area contributed by atoms with Gasteiger partial charge in [-0.05, 0) is 12.1 Å². The third-order valence-corrected chi connectivity index (χ3v) is 3.64. The molecule has 0 saturated carbocycles. The van der Waals surface area contributed by atoms with E-state index in [2.05, 4.69) is 5.32 Å². The predicted octanol–water partition coefficient (Wildman–Crippen LogP) is 2.44. The van der Waals surface area contributed by atoms with Gasteiger partial charge in [-0.3, -0.25) is 9.69 Å². The standard InChI is InChI=1S/C13H15Cl3N2O2/c14-13(15,16)12(18-6-8-20-9-7-18)17-11(19)10-4-2-1-3-5-10/h1-5,12H,6-9H2,(H,17,19)/t12-/m0/s1. The van der Waals surface area contributed by atoms with Gasteiger partial charge in [-0.25, -0.2) is 0 Å². The number of hydrogen-bond acceptors (Lipinski definition) is 3. The molecular weight excluding hydrogens is 323 g/mol. The maximum absolute atomic E-state index is 12.2. The lowest BCUT2D eigenvalue weighted by Crippen LogP contribution is -2.58. The number of ether oxygens (including phenoxy) is 1. The van der Waals surface area contributed by atoms with Crippen LogP contribution in [0, 0.1) is 0 Å². The van der Waals surface area contributed by atoms with E-state index in [-0.39, 0.29) is 5.91 Å². The summed E-state index contributed by atoms with van der Waals surface area (Å²) < 4.78 is 3.66. The van der Waals surface area contributed by atoms with Crippen LogP contribution in [-0.4, -0.2) is 47.1 Å². The van der Waals surface area contributed by atoms with Gasteiger partial charge in [0, 0.05) is 18.7 Å². The molecule has 0 unspecified atom stereocenters. The number of morpholine rings is 1. The van der Waals surface area contributed by atoms with Crippen LogP contribution < -0.4 is 5.32 Å². The first-order valence-corrected chi connectivity index (χ1v) is 7.36. The molecular formula is C13H15Cl3N2O2. The zero-order chi connectivity index (χ0) is 14.6. The third kappa shape index (κ3) is 4.24. The van der Waals surface area contributed by atoms with Gasteiger partial charge in [0.2, 0.25) is 3.79 Å². The fraction of sp³-hybridized carbons (Fsp3) is 0.462. The largest absolute Gasteiger partial charge is 0.379 e. The zero-order valence-corrected chi connectivity index (χ0v) is 13.0. The van der Waals surface area contributed by atoms with Crippen LogP contribution in [0.4, 0.5) is 0 Å². The first-order chi connectivity index (χ1) is 9.48. The SMILES string of the molecule is O=C(N[C@@H](N1CCOCC1)C(Cl)(Cl)Cl)c1ccccc1. The van der Waals surface area contributed by atoms with Gasteiger partial charge in [-0.1, -0.05) is 53.0 Å². The van der Waals surface area contributed by atoms with E-state index in [0.717, 1.165) is 0 Å². The molecule has 1 heterocycles. The first-order valence-electron chi connectivity index (χ1n) is 6.23. The molecule has 110 valence electrons. The van der Waals surface area contributed by atoms with E-state index >= 15 is 0 Å². The Kier molecular flexibility index (Phi) is 5.52. The Morgan fingerprint density at radius 3 is 2.35 bits per heavy atom. The number of halogens is 3. The molecule has 1 aromatic carbocycles. The molecule has 4 nitrogen and oxygen atoms in total. The quantitative estimate of drug-likeness (QED) is 0.862. The maximum Gasteiger partial charge on any atom is 0.252 e. The Morgan fingerprint density at radius 1 is 1.20 bits per heavy atom. The minimum absolute atomic E-state index is 0.270. The molecule has 20 heavy (non-hydrogen) atoms. The van der Waals surface area contributed by atoms with Gasteiger partial charge in [0.05, 0.1) is 13.2 Å². The van der Waals surface area contributed by atoms with Crippen molar-refractivity contribution < 1.29 is 9.53 Å². The summed E-state index contributed by atoms with van der Waals surface area (Å²) in [5.41, 5.74) is 0.528. The fourth-order valence-corrected chi connectivity index (χ4v) is 2.59. The topological polar surface area (TPSA) is 41.6 Å². The molecule has 0 spiro atoms. The van der Waals surface area contributed by atoms with Crippen molar-refractivity contribution in [2.75, 3.05) is 26.3 Å². The highest BCUT2D eigenvalue weighted by atomic mass is 35.6. The second-order valence-corrected chi connectivity index (χ2v) is 6.80. The van der Waals surface area contributed by atoms with Crippen molar-refractivity contribution in [3.8, 4) is 0 Å². The number of nitrogens with one attached hydrogen (secondary N) is 1. The summed E-state index contributed by atoms with van der Waals surface area (Å²) in [4.78, 5) is 14.1. The van der Waals surface area contributed by atoms with E-state index in [1.807, 2.05) is 11.0 Å². The van der Waals surface area contributed by atoms with Gasteiger partial charge in [-0.2, -0.15) is 0 Å². The minimum atomic E-state index is -1.61. The van der Waals surface area contributed by atoms with Gasteiger partial charge in [-0.15, -0.1) is 0 Å². The summed E-state index contributed by atoms with van der Waals surface area (Å²) in [6, 6.07) is 8.83. The van der Waals surface area contributed by atoms with Gasteiger partial charge in [0.1, 0.15) is 6.17 Å². The maximum atomic E-state index is 12.2. The first kappa shape index (κ1) is 15.9. The van der Waals surface area contributed by atoms with Crippen molar-refractivity contribution in [1.29, 1.82) is 0 Å². The molecule has 0 aliphatic carbocycles. The van der Waals surface area contributed by atoms with E-state index in [0.29, 0.717) is 31.9 Å². The number of nitrogens with zero attached hydrogens (tertiary/aromatic N) is 1. The predicted molar refractivity (Wildman–Crippen MR) is 80.4 cm³/mol. The van der Waals surface area contributed by atoms with Crippen molar-refractivity contribution in [2.24, 2.45) is 0 Å². The Hall–Kier alpha value is -0.520. The van der Waals surface area contributed by atoms with E-state index in [4.69, 9.17) is 39.5 Å². The fourth-order valence-electron chi connectivity index (χ4n) is 2.01. The van der Waals surface area contributed by atoms with Gasteiger partial charge in [0.15, 0.2) is 0 Å². The lowest BCUT2D eigenvalue weighted by atomic mass is 10.2.